The number of ketones is 1. The molecule has 21 heavy (non-hydrogen) atoms. The van der Waals surface area contributed by atoms with Gasteiger partial charge in [-0.2, -0.15) is 0 Å². The van der Waals surface area contributed by atoms with Crippen molar-refractivity contribution in [2.45, 2.75) is 11.8 Å². The Labute approximate surface area is 124 Å². The number of carbonyl (C=O) groups is 1. The highest BCUT2D eigenvalue weighted by Gasteiger charge is 2.21. The molecule has 2 aromatic rings. The van der Waals surface area contributed by atoms with Gasteiger partial charge in [-0.15, -0.1) is 0 Å². The van der Waals surface area contributed by atoms with Crippen LogP contribution in [0.5, 0.6) is 0 Å². The van der Waals surface area contributed by atoms with E-state index >= 15 is 0 Å². The third-order valence-corrected chi connectivity index (χ3v) is 4.32. The Morgan fingerprint density at radius 2 is 1.81 bits per heavy atom. The molecule has 0 heterocycles. The summed E-state index contributed by atoms with van der Waals surface area (Å²) in [6, 6.07) is 12.6. The van der Waals surface area contributed by atoms with Crippen molar-refractivity contribution < 1.29 is 13.9 Å². The second-order valence-electron chi connectivity index (χ2n) is 4.27. The first-order chi connectivity index (χ1) is 10.0. The summed E-state index contributed by atoms with van der Waals surface area (Å²) in [4.78, 5) is 22.9. The summed E-state index contributed by atoms with van der Waals surface area (Å²) in [5.74, 6) is -0.0140. The molecule has 0 aliphatic heterocycles. The fourth-order valence-corrected chi connectivity index (χ4v) is 2.80. The minimum absolute atomic E-state index is 0.145. The largest absolute Gasteiger partial charge is 0.289 e. The number of hydrogen-bond acceptors (Lipinski definition) is 4. The van der Waals surface area contributed by atoms with Gasteiger partial charge >= 0.3 is 0 Å². The second kappa shape index (κ2) is 6.41. The van der Waals surface area contributed by atoms with Crippen LogP contribution in [0.15, 0.2) is 53.4 Å². The van der Waals surface area contributed by atoms with Crippen LogP contribution in [0.1, 0.15) is 22.8 Å². The van der Waals surface area contributed by atoms with Crippen LogP contribution >= 0.6 is 0 Å². The van der Waals surface area contributed by atoms with Crippen molar-refractivity contribution in [3.05, 3.63) is 69.8 Å². The molecular formula is C15H13NO4S. The van der Waals surface area contributed by atoms with Crippen LogP contribution in [0, 0.1) is 10.1 Å². The minimum atomic E-state index is -1.44. The highest BCUT2D eigenvalue weighted by Crippen LogP contribution is 2.25. The van der Waals surface area contributed by atoms with Crippen LogP contribution in [0.2, 0.25) is 0 Å². The van der Waals surface area contributed by atoms with Gasteiger partial charge in [0, 0.05) is 22.9 Å². The molecule has 0 spiro atoms. The van der Waals surface area contributed by atoms with Gasteiger partial charge in [0.15, 0.2) is 5.78 Å². The van der Waals surface area contributed by atoms with Crippen molar-refractivity contribution in [1.82, 2.24) is 0 Å². The van der Waals surface area contributed by atoms with Crippen LogP contribution in [0.3, 0.4) is 0 Å². The van der Waals surface area contributed by atoms with Crippen molar-refractivity contribution in [3.8, 4) is 0 Å². The summed E-state index contributed by atoms with van der Waals surface area (Å²) < 4.78 is 11.8. The lowest BCUT2D eigenvalue weighted by Crippen LogP contribution is -2.05. The van der Waals surface area contributed by atoms with E-state index in [1.807, 2.05) is 0 Å². The van der Waals surface area contributed by atoms with E-state index in [9.17, 15) is 19.1 Å². The molecule has 0 bridgehead atoms. The Hall–Kier alpha value is -2.34. The van der Waals surface area contributed by atoms with Gasteiger partial charge in [-0.05, 0) is 12.1 Å². The van der Waals surface area contributed by atoms with Crippen molar-refractivity contribution in [2.24, 2.45) is 0 Å². The van der Waals surface area contributed by atoms with E-state index in [1.165, 1.54) is 18.2 Å². The van der Waals surface area contributed by atoms with Crippen LogP contribution in [0.4, 0.5) is 5.69 Å². The number of nitrogens with zero attached hydrogens (tertiary/aromatic N) is 1. The quantitative estimate of drug-likeness (QED) is 0.483. The average molecular weight is 303 g/mol. The molecule has 1 unspecified atom stereocenters. The first-order valence-electron chi connectivity index (χ1n) is 6.31. The van der Waals surface area contributed by atoms with Crippen molar-refractivity contribution >= 4 is 22.3 Å². The predicted octanol–water partition coefficient (Wildman–Crippen LogP) is 2.95. The van der Waals surface area contributed by atoms with Crippen LogP contribution in [-0.4, -0.2) is 20.7 Å². The lowest BCUT2D eigenvalue weighted by Gasteiger charge is -2.05. The molecule has 2 aromatic carbocycles. The average Bonchev–Trinajstić information content (AvgIpc) is 2.53. The molecule has 0 aliphatic carbocycles. The Morgan fingerprint density at radius 3 is 2.38 bits per heavy atom. The lowest BCUT2D eigenvalue weighted by atomic mass is 10.0. The van der Waals surface area contributed by atoms with Gasteiger partial charge in [0.25, 0.3) is 5.69 Å². The molecule has 5 nitrogen and oxygen atoms in total. The number of rotatable bonds is 5. The molecular weight excluding hydrogens is 290 g/mol. The number of nitro benzene ring substituents is 1. The van der Waals surface area contributed by atoms with Gasteiger partial charge < -0.3 is 0 Å². The fraction of sp³-hybridized carbons (Fsp3) is 0.133. The highest BCUT2D eigenvalue weighted by molar-refractivity contribution is 7.85. The molecule has 108 valence electrons. The summed E-state index contributed by atoms with van der Waals surface area (Å²) in [6.07, 6.45) is 0. The van der Waals surface area contributed by atoms with Crippen molar-refractivity contribution in [3.63, 3.8) is 0 Å². The van der Waals surface area contributed by atoms with Crippen LogP contribution in [0.25, 0.3) is 0 Å². The van der Waals surface area contributed by atoms with Gasteiger partial charge in [-0.25, -0.2) is 0 Å². The highest BCUT2D eigenvalue weighted by atomic mass is 32.2. The summed E-state index contributed by atoms with van der Waals surface area (Å²) in [5, 5.41) is 11.1. The standard InChI is InChI=1S/C15H13NO4S/c1-2-21(20)14-9-8-12(10-13(14)16(18)19)15(17)11-6-4-3-5-7-11/h3-10H,2H2,1H3. The van der Waals surface area contributed by atoms with Crippen LogP contribution in [-0.2, 0) is 10.8 Å². The van der Waals surface area contributed by atoms with E-state index in [2.05, 4.69) is 0 Å². The van der Waals surface area contributed by atoms with Gasteiger partial charge in [0.2, 0.25) is 0 Å². The Morgan fingerprint density at radius 1 is 1.14 bits per heavy atom. The number of carbonyl (C=O) groups excluding carboxylic acids is 1. The normalized spacial score (nSPS) is 11.9. The molecule has 0 saturated carbocycles. The minimum Gasteiger partial charge on any atom is -0.289 e. The van der Waals surface area contributed by atoms with Crippen molar-refractivity contribution in [2.75, 3.05) is 5.75 Å². The monoisotopic (exact) mass is 303 g/mol. The van der Waals surface area contributed by atoms with Gasteiger partial charge in [0.05, 0.1) is 15.7 Å². The summed E-state index contributed by atoms with van der Waals surface area (Å²) in [6.45, 7) is 1.68. The molecule has 0 fully saturated rings. The zero-order chi connectivity index (χ0) is 15.4. The third kappa shape index (κ3) is 3.22. The Bertz CT molecular complexity index is 713. The number of hydrogen-bond donors (Lipinski definition) is 0. The topological polar surface area (TPSA) is 77.3 Å². The fourth-order valence-electron chi connectivity index (χ4n) is 1.91. The molecule has 6 heteroatoms. The summed E-state index contributed by atoms with van der Waals surface area (Å²) in [5.41, 5.74) is 0.387. The first kappa shape index (κ1) is 15.1. The van der Waals surface area contributed by atoms with Gasteiger partial charge in [-0.1, -0.05) is 37.3 Å². The maximum Gasteiger partial charge on any atom is 0.286 e. The molecule has 1 atom stereocenters. The second-order valence-corrected chi connectivity index (χ2v) is 5.98. The molecule has 0 aliphatic rings. The van der Waals surface area contributed by atoms with Gasteiger partial charge in [0.1, 0.15) is 4.90 Å². The predicted molar refractivity (Wildman–Crippen MR) is 79.9 cm³/mol. The smallest absolute Gasteiger partial charge is 0.286 e. The summed E-state index contributed by atoms with van der Waals surface area (Å²) in [7, 11) is -1.44. The molecule has 0 N–H and O–H groups in total. The number of nitro groups is 1. The van der Waals surface area contributed by atoms with E-state index in [-0.39, 0.29) is 27.7 Å². The molecule has 0 radical (unpaired) electrons. The van der Waals surface area contributed by atoms with Crippen LogP contribution < -0.4 is 0 Å². The third-order valence-electron chi connectivity index (χ3n) is 2.96. The maximum atomic E-state index is 12.3. The SMILES string of the molecule is CCS(=O)c1ccc(C(=O)c2ccccc2)cc1[N+](=O)[O-]. The zero-order valence-electron chi connectivity index (χ0n) is 11.3. The molecule has 0 amide bonds. The molecule has 0 aromatic heterocycles. The van der Waals surface area contributed by atoms with Crippen molar-refractivity contribution in [1.29, 1.82) is 0 Å². The maximum absolute atomic E-state index is 12.3. The lowest BCUT2D eigenvalue weighted by molar-refractivity contribution is -0.387. The molecule has 2 rings (SSSR count). The Kier molecular flexibility index (Phi) is 4.59. The molecule has 0 saturated heterocycles. The van der Waals surface area contributed by atoms with Gasteiger partial charge in [-0.3, -0.25) is 19.1 Å². The van der Waals surface area contributed by atoms with E-state index in [4.69, 9.17) is 0 Å². The first-order valence-corrected chi connectivity index (χ1v) is 7.63. The van der Waals surface area contributed by atoms with E-state index < -0.39 is 15.7 Å². The van der Waals surface area contributed by atoms with E-state index in [0.717, 1.165) is 0 Å². The van der Waals surface area contributed by atoms with E-state index in [1.54, 1.807) is 37.3 Å². The zero-order valence-corrected chi connectivity index (χ0v) is 12.1. The summed E-state index contributed by atoms with van der Waals surface area (Å²) >= 11 is 0. The Balaban J connectivity index is 2.48. The van der Waals surface area contributed by atoms with E-state index in [0.29, 0.717) is 5.56 Å². The number of benzene rings is 2.